The average molecular weight is 263 g/mol. The Balaban J connectivity index is 2.09. The lowest BCUT2D eigenvalue weighted by atomic mass is 10.2. The van der Waals surface area contributed by atoms with Crippen molar-refractivity contribution >= 4 is 11.6 Å². The number of rotatable bonds is 9. The predicted octanol–water partition coefficient (Wildman–Crippen LogP) is 1.63. The summed E-state index contributed by atoms with van der Waals surface area (Å²) in [4.78, 5) is 13.7. The molecule has 0 spiro atoms. The summed E-state index contributed by atoms with van der Waals surface area (Å²) >= 11 is 0. The number of hydrogen-bond donors (Lipinski definition) is 2. The van der Waals surface area contributed by atoms with E-state index in [1.807, 2.05) is 25.2 Å². The Morgan fingerprint density at radius 1 is 1.16 bits per heavy atom. The second-order valence-electron chi connectivity index (χ2n) is 4.67. The van der Waals surface area contributed by atoms with Crippen molar-refractivity contribution in [2.45, 2.75) is 19.3 Å². The van der Waals surface area contributed by atoms with E-state index >= 15 is 0 Å². The summed E-state index contributed by atoms with van der Waals surface area (Å²) in [5, 5.41) is 5.99. The summed E-state index contributed by atoms with van der Waals surface area (Å²) in [7, 11) is 3.97. The van der Waals surface area contributed by atoms with E-state index in [9.17, 15) is 4.79 Å². The lowest BCUT2D eigenvalue weighted by molar-refractivity contribution is -0.121. The molecule has 19 heavy (non-hydrogen) atoms. The van der Waals surface area contributed by atoms with Gasteiger partial charge in [0.05, 0.1) is 0 Å². The molecule has 2 N–H and O–H groups in total. The molecule has 1 rings (SSSR count). The fraction of sp³-hybridized carbons (Fsp3) is 0.533. The Morgan fingerprint density at radius 3 is 2.58 bits per heavy atom. The topological polar surface area (TPSA) is 44.4 Å². The van der Waals surface area contributed by atoms with Crippen molar-refractivity contribution in [3.63, 3.8) is 0 Å². The molecule has 4 nitrogen and oxygen atoms in total. The molecule has 0 saturated carbocycles. The van der Waals surface area contributed by atoms with Crippen LogP contribution in [0.4, 0.5) is 5.69 Å². The highest BCUT2D eigenvalue weighted by atomic mass is 16.1. The molecule has 0 atom stereocenters. The zero-order valence-corrected chi connectivity index (χ0v) is 12.0. The van der Waals surface area contributed by atoms with Crippen LogP contribution in [-0.4, -0.2) is 39.6 Å². The van der Waals surface area contributed by atoms with Crippen LogP contribution in [0.3, 0.4) is 0 Å². The van der Waals surface area contributed by atoms with Gasteiger partial charge >= 0.3 is 0 Å². The number of nitrogens with one attached hydrogen (secondary N) is 2. The van der Waals surface area contributed by atoms with Crippen molar-refractivity contribution in [1.82, 2.24) is 10.6 Å². The van der Waals surface area contributed by atoms with Gasteiger partial charge in [0.2, 0.25) is 5.91 Å². The largest absolute Gasteiger partial charge is 0.375 e. The molecule has 0 saturated heterocycles. The standard InChI is InChI=1S/C15H25N3O/c1-16-11-6-10-15(19)17-12-7-13-18(2)14-8-4-3-5-9-14/h3-5,8-9,16H,6-7,10-13H2,1-2H3,(H,17,19). The third-order valence-electron chi connectivity index (χ3n) is 3.02. The van der Waals surface area contributed by atoms with Crippen molar-refractivity contribution in [2.24, 2.45) is 0 Å². The van der Waals surface area contributed by atoms with Gasteiger partial charge in [-0.2, -0.15) is 0 Å². The molecule has 4 heteroatoms. The minimum atomic E-state index is 0.151. The fourth-order valence-corrected chi connectivity index (χ4v) is 1.87. The van der Waals surface area contributed by atoms with Crippen LogP contribution in [0.1, 0.15) is 19.3 Å². The van der Waals surface area contributed by atoms with Gasteiger partial charge < -0.3 is 15.5 Å². The van der Waals surface area contributed by atoms with Crippen LogP contribution in [-0.2, 0) is 4.79 Å². The molecule has 0 radical (unpaired) electrons. The molecular formula is C15H25N3O. The molecule has 0 heterocycles. The van der Waals surface area contributed by atoms with Crippen LogP contribution in [0.25, 0.3) is 0 Å². The van der Waals surface area contributed by atoms with Gasteiger partial charge in [0.15, 0.2) is 0 Å². The summed E-state index contributed by atoms with van der Waals surface area (Å²) in [5.41, 5.74) is 1.21. The average Bonchev–Trinajstić information content (AvgIpc) is 2.44. The molecule has 0 unspecified atom stereocenters. The Bertz CT molecular complexity index is 354. The van der Waals surface area contributed by atoms with Gasteiger partial charge in [0, 0.05) is 32.2 Å². The van der Waals surface area contributed by atoms with Gasteiger partial charge in [-0.15, -0.1) is 0 Å². The van der Waals surface area contributed by atoms with E-state index < -0.39 is 0 Å². The molecule has 0 bridgehead atoms. The Morgan fingerprint density at radius 2 is 1.89 bits per heavy atom. The monoisotopic (exact) mass is 263 g/mol. The maximum absolute atomic E-state index is 11.5. The maximum atomic E-state index is 11.5. The molecule has 0 aromatic heterocycles. The van der Waals surface area contributed by atoms with Crippen molar-refractivity contribution in [3.8, 4) is 0 Å². The van der Waals surface area contributed by atoms with E-state index in [1.54, 1.807) is 0 Å². The van der Waals surface area contributed by atoms with Crippen LogP contribution in [0.15, 0.2) is 30.3 Å². The molecule has 1 amide bonds. The molecule has 106 valence electrons. The van der Waals surface area contributed by atoms with Crippen molar-refractivity contribution in [1.29, 1.82) is 0 Å². The first-order valence-electron chi connectivity index (χ1n) is 6.91. The number of hydrogen-bond acceptors (Lipinski definition) is 3. The first kappa shape index (κ1) is 15.5. The lowest BCUT2D eigenvalue weighted by Gasteiger charge is -2.19. The summed E-state index contributed by atoms with van der Waals surface area (Å²) in [6.07, 6.45) is 2.46. The quantitative estimate of drug-likeness (QED) is 0.666. The van der Waals surface area contributed by atoms with E-state index in [0.717, 1.165) is 32.5 Å². The third kappa shape index (κ3) is 6.82. The highest BCUT2D eigenvalue weighted by Crippen LogP contribution is 2.10. The first-order chi connectivity index (χ1) is 9.24. The van der Waals surface area contributed by atoms with Crippen LogP contribution in [0.5, 0.6) is 0 Å². The summed E-state index contributed by atoms with van der Waals surface area (Å²) in [6.45, 7) is 2.58. The Labute approximate surface area is 116 Å². The number of benzene rings is 1. The van der Waals surface area contributed by atoms with Crippen molar-refractivity contribution < 1.29 is 4.79 Å². The third-order valence-corrected chi connectivity index (χ3v) is 3.02. The molecule has 1 aromatic carbocycles. The number of para-hydroxylation sites is 1. The van der Waals surface area contributed by atoms with Crippen molar-refractivity contribution in [2.75, 3.05) is 38.6 Å². The van der Waals surface area contributed by atoms with E-state index in [1.165, 1.54) is 5.69 Å². The lowest BCUT2D eigenvalue weighted by Crippen LogP contribution is -2.28. The molecule has 0 fully saturated rings. The van der Waals surface area contributed by atoms with Crippen LogP contribution in [0, 0.1) is 0 Å². The highest BCUT2D eigenvalue weighted by molar-refractivity contribution is 5.75. The smallest absolute Gasteiger partial charge is 0.220 e. The van der Waals surface area contributed by atoms with Gasteiger partial charge in [-0.05, 0) is 38.6 Å². The van der Waals surface area contributed by atoms with Gasteiger partial charge in [-0.1, -0.05) is 18.2 Å². The normalized spacial score (nSPS) is 10.2. The van der Waals surface area contributed by atoms with E-state index in [2.05, 4.69) is 34.7 Å². The number of amides is 1. The van der Waals surface area contributed by atoms with Crippen LogP contribution >= 0.6 is 0 Å². The second-order valence-corrected chi connectivity index (χ2v) is 4.67. The van der Waals surface area contributed by atoms with Gasteiger partial charge in [0.1, 0.15) is 0 Å². The highest BCUT2D eigenvalue weighted by Gasteiger charge is 2.01. The minimum absolute atomic E-state index is 0.151. The number of anilines is 1. The molecule has 0 aliphatic rings. The zero-order chi connectivity index (χ0) is 13.9. The van der Waals surface area contributed by atoms with Crippen LogP contribution in [0.2, 0.25) is 0 Å². The minimum Gasteiger partial charge on any atom is -0.375 e. The SMILES string of the molecule is CNCCCC(=O)NCCCN(C)c1ccccc1. The summed E-state index contributed by atoms with van der Waals surface area (Å²) in [5.74, 6) is 0.151. The van der Waals surface area contributed by atoms with Gasteiger partial charge in [0.25, 0.3) is 0 Å². The summed E-state index contributed by atoms with van der Waals surface area (Å²) < 4.78 is 0. The molecule has 0 aliphatic heterocycles. The maximum Gasteiger partial charge on any atom is 0.220 e. The van der Waals surface area contributed by atoms with Gasteiger partial charge in [-0.25, -0.2) is 0 Å². The predicted molar refractivity (Wildman–Crippen MR) is 80.5 cm³/mol. The Hall–Kier alpha value is -1.55. The molecule has 0 aliphatic carbocycles. The molecule has 1 aromatic rings. The Kier molecular flexibility index (Phi) is 7.66. The van der Waals surface area contributed by atoms with E-state index in [0.29, 0.717) is 6.42 Å². The molecular weight excluding hydrogens is 238 g/mol. The summed E-state index contributed by atoms with van der Waals surface area (Å²) in [6, 6.07) is 10.3. The van der Waals surface area contributed by atoms with Crippen molar-refractivity contribution in [3.05, 3.63) is 30.3 Å². The number of carbonyl (C=O) groups excluding carboxylic acids is 1. The number of nitrogens with zero attached hydrogens (tertiary/aromatic N) is 1. The van der Waals surface area contributed by atoms with E-state index in [4.69, 9.17) is 0 Å². The van der Waals surface area contributed by atoms with E-state index in [-0.39, 0.29) is 5.91 Å². The zero-order valence-electron chi connectivity index (χ0n) is 12.0. The van der Waals surface area contributed by atoms with Crippen LogP contribution < -0.4 is 15.5 Å². The van der Waals surface area contributed by atoms with Gasteiger partial charge in [-0.3, -0.25) is 4.79 Å². The first-order valence-corrected chi connectivity index (χ1v) is 6.91. The fourth-order valence-electron chi connectivity index (χ4n) is 1.87. The second kappa shape index (κ2) is 9.39. The number of carbonyl (C=O) groups is 1.